The zero-order valence-corrected chi connectivity index (χ0v) is 19.0. The number of nitrogens with one attached hydrogen (secondary N) is 1. The van der Waals surface area contributed by atoms with Crippen molar-refractivity contribution in [2.24, 2.45) is 0 Å². The maximum atomic E-state index is 12.5. The van der Waals surface area contributed by atoms with Gasteiger partial charge in [-0.2, -0.15) is 0 Å². The average molecular weight is 510 g/mol. The van der Waals surface area contributed by atoms with Gasteiger partial charge in [0.15, 0.2) is 0 Å². The first-order valence-corrected chi connectivity index (χ1v) is 11.1. The van der Waals surface area contributed by atoms with Gasteiger partial charge in [0.05, 0.1) is 41.2 Å². The highest BCUT2D eigenvalue weighted by molar-refractivity contribution is 9.11. The minimum Gasteiger partial charge on any atom is -0.494 e. The smallest absolute Gasteiger partial charge is 0.414 e. The molecule has 2 aromatic rings. The molecule has 2 saturated heterocycles. The molecule has 31 heavy (non-hydrogen) atoms. The summed E-state index contributed by atoms with van der Waals surface area (Å²) in [6.07, 6.45) is -1.02. The van der Waals surface area contributed by atoms with E-state index in [9.17, 15) is 14.4 Å². The molecule has 1 N–H and O–H groups in total. The first kappa shape index (κ1) is 21.6. The summed E-state index contributed by atoms with van der Waals surface area (Å²) in [6.45, 7) is 1.41. The highest BCUT2D eigenvalue weighted by Gasteiger charge is 2.34. The number of ether oxygens (including phenoxy) is 3. The van der Waals surface area contributed by atoms with Crippen LogP contribution in [0.1, 0.15) is 9.67 Å². The number of hydrogen-bond acceptors (Lipinski definition) is 7. The maximum absolute atomic E-state index is 12.5. The monoisotopic (exact) mass is 509 g/mol. The minimum atomic E-state index is -0.522. The van der Waals surface area contributed by atoms with Crippen LogP contribution in [-0.4, -0.2) is 64.0 Å². The van der Waals surface area contributed by atoms with Crippen LogP contribution in [0.15, 0.2) is 34.1 Å². The number of anilines is 2. The van der Waals surface area contributed by atoms with Crippen LogP contribution >= 0.6 is 27.3 Å². The summed E-state index contributed by atoms with van der Waals surface area (Å²) in [7, 11) is 1.50. The molecule has 0 bridgehead atoms. The predicted molar refractivity (Wildman–Crippen MR) is 118 cm³/mol. The fourth-order valence-corrected chi connectivity index (χ4v) is 4.71. The number of carbonyl (C=O) groups is 3. The molecule has 1 unspecified atom stereocenters. The Morgan fingerprint density at radius 1 is 1.29 bits per heavy atom. The van der Waals surface area contributed by atoms with Gasteiger partial charge in [0, 0.05) is 18.3 Å². The molecule has 3 heterocycles. The van der Waals surface area contributed by atoms with Crippen molar-refractivity contribution in [3.8, 4) is 5.75 Å². The lowest BCUT2D eigenvalue weighted by molar-refractivity contribution is -0.125. The lowest BCUT2D eigenvalue weighted by Crippen LogP contribution is -2.41. The second-order valence-electron chi connectivity index (χ2n) is 6.88. The van der Waals surface area contributed by atoms with Gasteiger partial charge in [0.1, 0.15) is 18.5 Å². The Hall–Kier alpha value is -2.63. The van der Waals surface area contributed by atoms with Gasteiger partial charge in [-0.15, -0.1) is 11.3 Å². The Morgan fingerprint density at radius 3 is 2.84 bits per heavy atom. The van der Waals surface area contributed by atoms with Crippen LogP contribution < -0.4 is 19.9 Å². The molecule has 0 radical (unpaired) electrons. The number of rotatable bonds is 6. The lowest BCUT2D eigenvalue weighted by Gasteiger charge is -2.28. The number of hydrogen-bond donors (Lipinski definition) is 1. The van der Waals surface area contributed by atoms with Crippen molar-refractivity contribution in [1.29, 1.82) is 0 Å². The molecule has 0 spiro atoms. The zero-order chi connectivity index (χ0) is 22.0. The molecule has 0 aliphatic carbocycles. The van der Waals surface area contributed by atoms with Gasteiger partial charge in [0.2, 0.25) is 0 Å². The largest absolute Gasteiger partial charge is 0.494 e. The Balaban J connectivity index is 1.43. The molecule has 164 valence electrons. The van der Waals surface area contributed by atoms with Crippen molar-refractivity contribution >= 4 is 56.5 Å². The van der Waals surface area contributed by atoms with Crippen LogP contribution in [0.2, 0.25) is 0 Å². The topological polar surface area (TPSA) is 97.4 Å². The van der Waals surface area contributed by atoms with Gasteiger partial charge in [-0.3, -0.25) is 14.5 Å². The van der Waals surface area contributed by atoms with Crippen molar-refractivity contribution in [1.82, 2.24) is 5.32 Å². The van der Waals surface area contributed by atoms with Crippen LogP contribution in [0.4, 0.5) is 16.2 Å². The number of thiophene rings is 1. The third-order valence-corrected chi connectivity index (χ3v) is 6.54. The molecule has 1 aromatic carbocycles. The van der Waals surface area contributed by atoms with Crippen molar-refractivity contribution in [3.05, 3.63) is 39.0 Å². The maximum Gasteiger partial charge on any atom is 0.414 e. The quantitative estimate of drug-likeness (QED) is 0.642. The Morgan fingerprint density at radius 2 is 2.13 bits per heavy atom. The zero-order valence-electron chi connectivity index (χ0n) is 16.6. The third-order valence-electron chi connectivity index (χ3n) is 4.91. The lowest BCUT2D eigenvalue weighted by atomic mass is 10.2. The molecule has 4 rings (SSSR count). The van der Waals surface area contributed by atoms with Crippen molar-refractivity contribution in [3.63, 3.8) is 0 Å². The van der Waals surface area contributed by atoms with E-state index in [1.165, 1.54) is 23.3 Å². The first-order valence-electron chi connectivity index (χ1n) is 9.54. The van der Waals surface area contributed by atoms with Gasteiger partial charge < -0.3 is 24.4 Å². The third kappa shape index (κ3) is 4.68. The summed E-state index contributed by atoms with van der Waals surface area (Å²) >= 11 is 4.66. The van der Waals surface area contributed by atoms with E-state index < -0.39 is 12.2 Å². The van der Waals surface area contributed by atoms with Crippen LogP contribution in [0.3, 0.4) is 0 Å². The van der Waals surface area contributed by atoms with Gasteiger partial charge in [-0.1, -0.05) is 0 Å². The molecule has 1 atom stereocenters. The summed E-state index contributed by atoms with van der Waals surface area (Å²) in [5, 5.41) is 2.79. The second kappa shape index (κ2) is 9.25. The molecule has 2 aliphatic heterocycles. The van der Waals surface area contributed by atoms with Crippen molar-refractivity contribution < 1.29 is 28.6 Å². The number of morpholine rings is 1. The van der Waals surface area contributed by atoms with E-state index in [1.54, 1.807) is 35.2 Å². The number of benzene rings is 1. The number of methoxy groups -OCH3 is 1. The van der Waals surface area contributed by atoms with E-state index in [2.05, 4.69) is 21.2 Å². The van der Waals surface area contributed by atoms with E-state index in [4.69, 9.17) is 14.2 Å². The Bertz CT molecular complexity index is 1010. The summed E-state index contributed by atoms with van der Waals surface area (Å²) < 4.78 is 16.9. The Kier molecular flexibility index (Phi) is 6.44. The molecule has 1 aromatic heterocycles. The SMILES string of the molecule is COc1cc(N2CCOCC2=O)ccc1N1CC(CNC(=O)c2ccc(Br)s2)OC1=O. The van der Waals surface area contributed by atoms with Gasteiger partial charge in [-0.05, 0) is 40.2 Å². The summed E-state index contributed by atoms with van der Waals surface area (Å²) in [6, 6.07) is 8.73. The molecular weight excluding hydrogens is 490 g/mol. The normalized spacial score (nSPS) is 18.8. The standard InChI is InChI=1S/C20H20BrN3O6S/c1-28-15-8-12(23-6-7-29-11-18(23)25)2-3-14(15)24-10-13(30-20(24)27)9-22-19(26)16-4-5-17(21)31-16/h2-5,8,13H,6-7,9-11H2,1H3,(H,22,26). The number of carbonyl (C=O) groups excluding carboxylic acids is 3. The first-order chi connectivity index (χ1) is 15.0. The number of nitrogens with zero attached hydrogens (tertiary/aromatic N) is 2. The Labute approximate surface area is 191 Å². The van der Waals surface area contributed by atoms with Crippen molar-refractivity contribution in [2.45, 2.75) is 6.10 Å². The number of halogens is 1. The second-order valence-corrected chi connectivity index (χ2v) is 9.35. The fraction of sp³-hybridized carbons (Fsp3) is 0.350. The van der Waals surface area contributed by atoms with Crippen molar-refractivity contribution in [2.75, 3.05) is 49.8 Å². The molecule has 11 heteroatoms. The van der Waals surface area contributed by atoms with Crippen LogP contribution in [-0.2, 0) is 14.3 Å². The number of amides is 3. The van der Waals surface area contributed by atoms with E-state index in [0.717, 1.165) is 3.79 Å². The molecular formula is C20H20BrN3O6S. The van der Waals surface area contributed by atoms with Gasteiger partial charge in [-0.25, -0.2) is 4.79 Å². The van der Waals surface area contributed by atoms with Gasteiger partial charge >= 0.3 is 6.09 Å². The molecule has 3 amide bonds. The summed E-state index contributed by atoms with van der Waals surface area (Å²) in [4.78, 5) is 40.4. The molecule has 9 nitrogen and oxygen atoms in total. The fourth-order valence-electron chi connectivity index (χ4n) is 3.40. The van der Waals surface area contributed by atoms with Gasteiger partial charge in [0.25, 0.3) is 11.8 Å². The molecule has 0 saturated carbocycles. The van der Waals surface area contributed by atoms with Crippen LogP contribution in [0.25, 0.3) is 0 Å². The van der Waals surface area contributed by atoms with E-state index in [1.807, 2.05) is 0 Å². The highest BCUT2D eigenvalue weighted by atomic mass is 79.9. The average Bonchev–Trinajstić information content (AvgIpc) is 3.37. The highest BCUT2D eigenvalue weighted by Crippen LogP contribution is 2.35. The summed E-state index contributed by atoms with van der Waals surface area (Å²) in [5.74, 6) is 0.0967. The molecule has 2 fully saturated rings. The van der Waals surface area contributed by atoms with E-state index in [-0.39, 0.29) is 31.5 Å². The predicted octanol–water partition coefficient (Wildman–Crippen LogP) is 2.64. The minimum absolute atomic E-state index is 0.0400. The van der Waals surface area contributed by atoms with Crippen LogP contribution in [0, 0.1) is 0 Å². The van der Waals surface area contributed by atoms with Crippen LogP contribution in [0.5, 0.6) is 5.75 Å². The summed E-state index contributed by atoms with van der Waals surface area (Å²) in [5.41, 5.74) is 1.21. The van der Waals surface area contributed by atoms with E-state index >= 15 is 0 Å². The molecule has 2 aliphatic rings. The number of cyclic esters (lactones) is 1. The van der Waals surface area contributed by atoms with E-state index in [0.29, 0.717) is 35.2 Å².